The first-order valence-electron chi connectivity index (χ1n) is 8.17. The third-order valence-corrected chi connectivity index (χ3v) is 5.63. The Morgan fingerprint density at radius 1 is 1.28 bits per heavy atom. The molecule has 25 heavy (non-hydrogen) atoms. The van der Waals surface area contributed by atoms with Crippen molar-refractivity contribution in [3.8, 4) is 0 Å². The lowest BCUT2D eigenvalue weighted by Crippen LogP contribution is -2.46. The molecule has 0 unspecified atom stereocenters. The Kier molecular flexibility index (Phi) is 6.45. The minimum absolute atomic E-state index is 0.114. The second-order valence-electron chi connectivity index (χ2n) is 7.17. The Bertz CT molecular complexity index is 718. The number of nitrogens with one attached hydrogen (secondary N) is 2. The molecule has 7 nitrogen and oxygen atoms in total. The predicted molar refractivity (Wildman–Crippen MR) is 97.7 cm³/mol. The molecule has 0 bridgehead atoms. The predicted octanol–water partition coefficient (Wildman–Crippen LogP) is 2.96. The molecule has 1 amide bonds. The number of carbonyl (C=O) groups excluding carboxylic acids is 1. The van der Waals surface area contributed by atoms with Crippen LogP contribution in [-0.2, 0) is 14.8 Å². The maximum atomic E-state index is 12.5. The number of ether oxygens (including phenoxy) is 1. The molecule has 1 aromatic heterocycles. The van der Waals surface area contributed by atoms with E-state index in [0.717, 1.165) is 19.3 Å². The van der Waals surface area contributed by atoms with Crippen molar-refractivity contribution >= 4 is 32.0 Å². The third kappa shape index (κ3) is 6.56. The molecule has 1 fully saturated rings. The number of amides is 1. The van der Waals surface area contributed by atoms with Crippen LogP contribution < -0.4 is 10.0 Å². The van der Waals surface area contributed by atoms with Gasteiger partial charge in [0, 0.05) is 29.0 Å². The van der Waals surface area contributed by atoms with Gasteiger partial charge in [-0.2, -0.15) is 0 Å². The molecule has 2 N–H and O–H groups in total. The summed E-state index contributed by atoms with van der Waals surface area (Å²) in [4.78, 5) is 15.9. The van der Waals surface area contributed by atoms with Crippen LogP contribution in [0.25, 0.3) is 0 Å². The monoisotopic (exact) mass is 433 g/mol. The van der Waals surface area contributed by atoms with Gasteiger partial charge in [-0.1, -0.05) is 0 Å². The Morgan fingerprint density at radius 3 is 2.60 bits per heavy atom. The highest BCUT2D eigenvalue weighted by atomic mass is 79.9. The van der Waals surface area contributed by atoms with E-state index in [1.54, 1.807) is 20.8 Å². The molecular weight excluding hydrogens is 410 g/mol. The molecule has 1 heterocycles. The van der Waals surface area contributed by atoms with Crippen molar-refractivity contribution in [2.75, 3.05) is 0 Å². The summed E-state index contributed by atoms with van der Waals surface area (Å²) in [6.07, 6.45) is 5.25. The largest absolute Gasteiger partial charge is 0.444 e. The minimum Gasteiger partial charge on any atom is -0.444 e. The van der Waals surface area contributed by atoms with E-state index in [9.17, 15) is 13.2 Å². The van der Waals surface area contributed by atoms with Crippen molar-refractivity contribution < 1.29 is 17.9 Å². The van der Waals surface area contributed by atoms with Crippen molar-refractivity contribution in [2.24, 2.45) is 0 Å². The van der Waals surface area contributed by atoms with Gasteiger partial charge in [0.2, 0.25) is 10.0 Å². The average Bonchev–Trinajstić information content (AvgIpc) is 2.45. The van der Waals surface area contributed by atoms with Gasteiger partial charge in [-0.15, -0.1) is 0 Å². The lowest BCUT2D eigenvalue weighted by atomic mass is 9.92. The summed E-state index contributed by atoms with van der Waals surface area (Å²) < 4.78 is 33.5. The van der Waals surface area contributed by atoms with Crippen LogP contribution in [0, 0.1) is 0 Å². The number of hydrogen-bond donors (Lipinski definition) is 2. The molecule has 1 saturated carbocycles. The first kappa shape index (κ1) is 20.1. The molecule has 1 aliphatic rings. The standard InChI is InChI=1S/C16H24BrN3O4S/c1-16(2,3)24-15(21)19-12-5-4-6-13(8-12)20-25(22,23)14-7-11(17)9-18-10-14/h7,9-10,12-13,20H,4-6,8H2,1-3H3,(H,19,21)/t12-,13+/m1/s1. The summed E-state index contributed by atoms with van der Waals surface area (Å²) >= 11 is 3.22. The van der Waals surface area contributed by atoms with Crippen molar-refractivity contribution in [3.63, 3.8) is 0 Å². The second-order valence-corrected chi connectivity index (χ2v) is 9.80. The van der Waals surface area contributed by atoms with E-state index < -0.39 is 21.7 Å². The minimum atomic E-state index is -3.65. The lowest BCUT2D eigenvalue weighted by molar-refractivity contribution is 0.0490. The number of carbonyl (C=O) groups is 1. The van der Waals surface area contributed by atoms with Crippen LogP contribution in [0.15, 0.2) is 27.8 Å². The molecular formula is C16H24BrN3O4S. The van der Waals surface area contributed by atoms with Crippen molar-refractivity contribution in [1.82, 2.24) is 15.0 Å². The van der Waals surface area contributed by atoms with Gasteiger partial charge in [0.05, 0.1) is 0 Å². The number of alkyl carbamates (subject to hydrolysis) is 1. The van der Waals surface area contributed by atoms with E-state index in [0.29, 0.717) is 10.9 Å². The number of halogens is 1. The van der Waals surface area contributed by atoms with E-state index in [1.807, 2.05) is 0 Å². The van der Waals surface area contributed by atoms with Crippen LogP contribution in [0.5, 0.6) is 0 Å². The summed E-state index contributed by atoms with van der Waals surface area (Å²) in [6, 6.07) is 1.16. The molecule has 0 aromatic carbocycles. The van der Waals surface area contributed by atoms with Gasteiger partial charge in [-0.3, -0.25) is 4.98 Å². The van der Waals surface area contributed by atoms with Gasteiger partial charge < -0.3 is 10.1 Å². The zero-order valence-electron chi connectivity index (χ0n) is 14.6. The van der Waals surface area contributed by atoms with E-state index >= 15 is 0 Å². The molecule has 1 aliphatic carbocycles. The second kappa shape index (κ2) is 8.01. The number of rotatable bonds is 4. The fourth-order valence-corrected chi connectivity index (χ4v) is 4.52. The maximum absolute atomic E-state index is 12.5. The van der Waals surface area contributed by atoms with E-state index in [-0.39, 0.29) is 17.0 Å². The molecule has 0 saturated heterocycles. The fourth-order valence-electron chi connectivity index (χ4n) is 2.73. The van der Waals surface area contributed by atoms with Gasteiger partial charge >= 0.3 is 6.09 Å². The van der Waals surface area contributed by atoms with Crippen LogP contribution in [0.4, 0.5) is 4.79 Å². The van der Waals surface area contributed by atoms with Gasteiger partial charge in [0.15, 0.2) is 0 Å². The fraction of sp³-hybridized carbons (Fsp3) is 0.625. The Hall–Kier alpha value is -1.19. The maximum Gasteiger partial charge on any atom is 0.407 e. The third-order valence-electron chi connectivity index (χ3n) is 3.71. The number of sulfonamides is 1. The quantitative estimate of drug-likeness (QED) is 0.760. The highest BCUT2D eigenvalue weighted by Crippen LogP contribution is 2.22. The Balaban J connectivity index is 1.96. The van der Waals surface area contributed by atoms with Crippen LogP contribution in [-0.4, -0.2) is 37.2 Å². The van der Waals surface area contributed by atoms with Crippen molar-refractivity contribution in [2.45, 2.75) is 69.0 Å². The summed E-state index contributed by atoms with van der Waals surface area (Å²) in [7, 11) is -3.65. The number of pyridine rings is 1. The highest BCUT2D eigenvalue weighted by Gasteiger charge is 2.28. The lowest BCUT2D eigenvalue weighted by Gasteiger charge is -2.31. The van der Waals surface area contributed by atoms with Gasteiger partial charge in [0.25, 0.3) is 0 Å². The normalized spacial score (nSPS) is 21.6. The molecule has 0 radical (unpaired) electrons. The smallest absolute Gasteiger partial charge is 0.407 e. The summed E-state index contributed by atoms with van der Waals surface area (Å²) in [5.41, 5.74) is -0.562. The topological polar surface area (TPSA) is 97.4 Å². The number of nitrogens with zero attached hydrogens (tertiary/aromatic N) is 1. The summed E-state index contributed by atoms with van der Waals surface area (Å²) in [6.45, 7) is 5.41. The Morgan fingerprint density at radius 2 is 1.96 bits per heavy atom. The highest BCUT2D eigenvalue weighted by molar-refractivity contribution is 9.10. The first-order chi connectivity index (χ1) is 11.5. The number of hydrogen-bond acceptors (Lipinski definition) is 5. The average molecular weight is 434 g/mol. The van der Waals surface area contributed by atoms with E-state index in [4.69, 9.17) is 4.74 Å². The van der Waals surface area contributed by atoms with Crippen LogP contribution in [0.1, 0.15) is 46.5 Å². The Labute approximate surface area is 157 Å². The van der Waals surface area contributed by atoms with Crippen LogP contribution in [0.2, 0.25) is 0 Å². The molecule has 1 aromatic rings. The summed E-state index contributed by atoms with van der Waals surface area (Å²) in [5, 5.41) is 2.82. The SMILES string of the molecule is CC(C)(C)OC(=O)N[C@@H]1CCC[C@H](NS(=O)(=O)c2cncc(Br)c2)C1. The van der Waals surface area contributed by atoms with Crippen LogP contribution in [0.3, 0.4) is 0 Å². The van der Waals surface area contributed by atoms with E-state index in [2.05, 4.69) is 31.0 Å². The number of aromatic nitrogens is 1. The van der Waals surface area contributed by atoms with Crippen LogP contribution >= 0.6 is 15.9 Å². The molecule has 2 atom stereocenters. The molecule has 2 rings (SSSR count). The zero-order chi connectivity index (χ0) is 18.7. The molecule has 140 valence electrons. The van der Waals surface area contributed by atoms with E-state index in [1.165, 1.54) is 18.5 Å². The molecule has 0 spiro atoms. The zero-order valence-corrected chi connectivity index (χ0v) is 17.0. The molecule has 0 aliphatic heterocycles. The van der Waals surface area contributed by atoms with Gasteiger partial charge in [-0.05, 0) is 68.5 Å². The van der Waals surface area contributed by atoms with Gasteiger partial charge in [0.1, 0.15) is 10.5 Å². The first-order valence-corrected chi connectivity index (χ1v) is 10.5. The van der Waals surface area contributed by atoms with Gasteiger partial charge in [-0.25, -0.2) is 17.9 Å². The molecule has 9 heteroatoms. The van der Waals surface area contributed by atoms with Crippen molar-refractivity contribution in [3.05, 3.63) is 22.9 Å². The van der Waals surface area contributed by atoms with Crippen molar-refractivity contribution in [1.29, 1.82) is 0 Å². The summed E-state index contributed by atoms with van der Waals surface area (Å²) in [5.74, 6) is 0.